The molecule has 0 spiro atoms. The molecular weight excluding hydrogens is 1270 g/mol. The number of rotatable bonds is 26. The number of hydrogen-bond donors (Lipinski definition) is 0. The van der Waals surface area contributed by atoms with Gasteiger partial charge in [0.25, 0.3) is 11.1 Å². The lowest BCUT2D eigenvalue weighted by molar-refractivity contribution is -0.138. The molecule has 0 bridgehead atoms. The van der Waals surface area contributed by atoms with Crippen LogP contribution >= 0.6 is 23.5 Å². The minimum Gasteiger partial charge on any atom is -0.336 e. The van der Waals surface area contributed by atoms with Crippen molar-refractivity contribution in [2.75, 3.05) is 52.2 Å². The van der Waals surface area contributed by atoms with Crippen molar-refractivity contribution in [3.05, 3.63) is 233 Å². The third-order valence-corrected chi connectivity index (χ3v) is 16.4. The molecule has 12 nitrogen and oxygen atoms in total. The zero-order valence-corrected chi connectivity index (χ0v) is 52.9. The van der Waals surface area contributed by atoms with E-state index in [1.807, 2.05) is 0 Å². The summed E-state index contributed by atoms with van der Waals surface area (Å²) in [4.78, 5) is 66.1. The smallest absolute Gasteiger partial charge is 0.336 e. The van der Waals surface area contributed by atoms with Crippen LogP contribution in [0.25, 0.3) is 22.3 Å². The van der Waals surface area contributed by atoms with Crippen molar-refractivity contribution in [3.63, 3.8) is 0 Å². The van der Waals surface area contributed by atoms with Gasteiger partial charge in [-0.25, -0.2) is 8.78 Å². The van der Waals surface area contributed by atoms with E-state index < -0.39 is 259 Å². The SMILES string of the molecule is [2H]C([2H])(c1ccc(-c2ccc(C(F)(F)F)cc2)cc1)N(C(=O)Cn1c(SCc2ccc(F)cc2)nc(=O)c2c1CCC2)C([2H])([2H])C([2H])([2H])N(CC)CC.[2H]c1c([2H])c(CSc2nc(=O)c3c(n2CC(=O)N(CCN(C([2H])([2H])C)C([2H])([2H])C)C([2H])([2H])c2c([2H])c([2H])c(-c4c([2H])c([2H])c(C(F)(F)F)c(C)c4[2H])c([2H])c2[2H])C([2H])([2H])C([2H])([2H])C3([2H])[2H])c([2H])c([2H])c1F. The molecule has 10 rings (SSSR count). The van der Waals surface area contributed by atoms with Gasteiger partial charge in [0.05, 0.1) is 34.4 Å². The second kappa shape index (κ2) is 32.7. The average Bonchev–Trinajstić information content (AvgIpc) is 1.51. The van der Waals surface area contributed by atoms with Gasteiger partial charge in [-0.05, 0) is 164 Å². The summed E-state index contributed by atoms with van der Waals surface area (Å²) in [5, 5.41) is -0.730. The van der Waals surface area contributed by atoms with Crippen molar-refractivity contribution in [1.29, 1.82) is 0 Å². The van der Waals surface area contributed by atoms with Crippen LogP contribution in [0, 0.1) is 18.6 Å². The van der Waals surface area contributed by atoms with E-state index in [9.17, 15) is 59.8 Å². The molecule has 502 valence electrons. The number of benzene rings is 6. The molecule has 0 saturated heterocycles. The van der Waals surface area contributed by atoms with Crippen LogP contribution in [0.4, 0.5) is 35.1 Å². The second-order valence-electron chi connectivity index (χ2n) is 20.6. The van der Waals surface area contributed by atoms with Crippen LogP contribution in [-0.4, -0.2) is 103 Å². The van der Waals surface area contributed by atoms with Crippen molar-refractivity contribution in [1.82, 2.24) is 38.7 Å². The third-order valence-electron chi connectivity index (χ3n) is 14.4. The number of carbonyl (C=O) groups excluding carboxylic acids is 2. The maximum atomic E-state index is 15.0. The normalized spacial score (nSPS) is 19.8. The Hall–Kier alpha value is -7.92. The summed E-state index contributed by atoms with van der Waals surface area (Å²) < 4.78 is 362. The molecule has 95 heavy (non-hydrogen) atoms. The number of hydrogen-bond acceptors (Lipinski definition) is 10. The van der Waals surface area contributed by atoms with E-state index in [4.69, 9.17) is 34.3 Å². The van der Waals surface area contributed by atoms with Gasteiger partial charge in [0.15, 0.2) is 10.3 Å². The van der Waals surface area contributed by atoms with E-state index in [1.54, 1.807) is 26.0 Å². The molecule has 6 aromatic carbocycles. The number of alkyl halides is 6. The van der Waals surface area contributed by atoms with Gasteiger partial charge in [-0.2, -0.15) is 36.3 Å². The van der Waals surface area contributed by atoms with Crippen LogP contribution in [0.1, 0.15) is 142 Å². The molecule has 0 unspecified atom stereocenters. The molecule has 0 radical (unpaired) electrons. The van der Waals surface area contributed by atoms with E-state index in [1.165, 1.54) is 53.1 Å². The Morgan fingerprint density at radius 2 is 1.12 bits per heavy atom. The fraction of sp³-hybridized carbons (Fsp3) is 0.370. The van der Waals surface area contributed by atoms with E-state index in [0.717, 1.165) is 49.6 Å². The molecule has 2 aliphatic rings. The molecule has 0 saturated carbocycles. The first-order chi connectivity index (χ1) is 56.8. The van der Waals surface area contributed by atoms with Crippen LogP contribution in [0.5, 0.6) is 0 Å². The molecule has 0 N–H and O–H groups in total. The topological polar surface area (TPSA) is 117 Å². The lowest BCUT2D eigenvalue weighted by Crippen LogP contribution is -2.40. The first kappa shape index (κ1) is 41.9. The van der Waals surface area contributed by atoms with Crippen molar-refractivity contribution < 1.29 is 84.5 Å². The van der Waals surface area contributed by atoms with Crippen molar-refractivity contribution in [2.24, 2.45) is 0 Å². The van der Waals surface area contributed by atoms with Crippen LogP contribution in [0.15, 0.2) is 159 Å². The first-order valence-electron chi connectivity index (χ1n) is 43.5. The number of thioether (sulfide) groups is 2. The highest BCUT2D eigenvalue weighted by atomic mass is 32.2. The zero-order valence-electron chi connectivity index (χ0n) is 80.3. The van der Waals surface area contributed by atoms with Crippen LogP contribution in [0.2, 0.25) is 0 Å². The second-order valence-corrected chi connectivity index (χ2v) is 22.5. The Morgan fingerprint density at radius 1 is 0.568 bits per heavy atom. The van der Waals surface area contributed by atoms with Gasteiger partial charge in [0, 0.05) is 89.5 Å². The number of amides is 2. The summed E-state index contributed by atoms with van der Waals surface area (Å²) in [7, 11) is 0. The Morgan fingerprint density at radius 3 is 1.72 bits per heavy atom. The standard InChI is InChI=1S/C37H40F4N4O2S.C36H38F4N4O2S/c1-4-43(5-2)19-20-44(22-26-9-13-28(14-10-26)29-15-18-32(25(3)21-29)37(39,40)41)34(46)23-45-33-8-6-7-31(33)35(47)42-36(45)48-24-27-11-16-30(38)17-12-27;1-3-42(4-2)20-21-43(22-25-8-12-27(13-9-25)28-14-16-29(17-15-28)36(38,39)40)33(45)23-44-32-7-5-6-31(32)34(46)41-35(44)47-24-26-10-18-30(37)19-11-26/h9-18,21H,4-8,19-20,22-24H2,1-3H3;8-19H,3-7,20-24H2,1-2H3/i4D2,5D2,6D2,7D2,8D2,9D,10D,11D,12D,13D,14D,15D,16D,17D,18D,21D,22D2;20D2,21D2,22D2. The third kappa shape index (κ3) is 19.0. The number of nitrogens with zero attached hydrogens (tertiary/aromatic N) is 8. The molecule has 2 aromatic heterocycles. The van der Waals surface area contributed by atoms with E-state index in [2.05, 4.69) is 9.97 Å². The zero-order chi connectivity index (χ0) is 93.7. The first-order valence-corrected chi connectivity index (χ1v) is 31.0. The van der Waals surface area contributed by atoms with E-state index in [-0.39, 0.29) is 51.1 Å². The van der Waals surface area contributed by atoms with Gasteiger partial charge in [-0.15, -0.1) is 0 Å². The average molecular weight is 1380 g/mol. The summed E-state index contributed by atoms with van der Waals surface area (Å²) in [5.41, 5.74) is -9.76. The van der Waals surface area contributed by atoms with E-state index >= 15 is 0 Å². The van der Waals surface area contributed by atoms with Crippen LogP contribution in [0.3, 0.4) is 0 Å². The monoisotopic (exact) mass is 1380 g/mol. The lowest BCUT2D eigenvalue weighted by atomic mass is 9.98. The van der Waals surface area contributed by atoms with Gasteiger partial charge < -0.3 is 28.7 Å². The Labute approximate surface area is 598 Å². The van der Waals surface area contributed by atoms with Gasteiger partial charge in [0.1, 0.15) is 24.7 Å². The maximum Gasteiger partial charge on any atom is 0.416 e. The summed E-state index contributed by atoms with van der Waals surface area (Å²) in [6.45, 7) is -16.7. The number of halogens is 8. The molecule has 2 aliphatic carbocycles. The predicted molar refractivity (Wildman–Crippen MR) is 358 cm³/mol. The number of carbonyl (C=O) groups is 2. The fourth-order valence-electron chi connectivity index (χ4n) is 9.42. The van der Waals surface area contributed by atoms with Gasteiger partial charge >= 0.3 is 12.4 Å². The maximum absolute atomic E-state index is 15.0. The summed E-state index contributed by atoms with van der Waals surface area (Å²) in [6, 6.07) is 1.95. The minimum absolute atomic E-state index is 0.0389. The Balaban J connectivity index is 0.000000293. The quantitative estimate of drug-likeness (QED) is 0.0295. The minimum atomic E-state index is -5.26. The summed E-state index contributed by atoms with van der Waals surface area (Å²) >= 11 is 1.35. The van der Waals surface area contributed by atoms with E-state index in [0.29, 0.717) is 56.7 Å². The largest absolute Gasteiger partial charge is 0.416 e. The Bertz CT molecular complexity index is 5500. The number of likely N-dealkylation sites (N-methyl/N-ethyl adjacent to an activating group) is 2. The van der Waals surface area contributed by atoms with Crippen LogP contribution < -0.4 is 11.1 Å². The van der Waals surface area contributed by atoms with Crippen molar-refractivity contribution in [2.45, 2.75) is 133 Å². The van der Waals surface area contributed by atoms with Gasteiger partial charge in [0.2, 0.25) is 11.8 Å². The van der Waals surface area contributed by atoms with Gasteiger partial charge in [-0.1, -0.05) is 148 Å². The molecular formula is C73H78F8N8O4S2. The molecule has 2 amide bonds. The summed E-state index contributed by atoms with van der Waals surface area (Å²) in [5.74, 6) is -5.33. The Kier molecular flexibility index (Phi) is 14.4. The molecule has 0 aliphatic heterocycles. The van der Waals surface area contributed by atoms with Crippen molar-refractivity contribution in [3.8, 4) is 22.3 Å². The van der Waals surface area contributed by atoms with Crippen molar-refractivity contribution >= 4 is 35.3 Å². The molecule has 8 aromatic rings. The fourth-order valence-corrected chi connectivity index (χ4v) is 11.3. The summed E-state index contributed by atoms with van der Waals surface area (Å²) in [6.07, 6.45) is -19.2. The molecule has 0 atom stereocenters. The molecule has 2 heterocycles. The molecule has 22 heteroatoms. The highest BCUT2D eigenvalue weighted by Gasteiger charge is 2.33. The molecule has 0 fully saturated rings. The highest BCUT2D eigenvalue weighted by molar-refractivity contribution is 7.98. The van der Waals surface area contributed by atoms with Gasteiger partial charge in [-0.3, -0.25) is 19.2 Å². The van der Waals surface area contributed by atoms with Crippen LogP contribution in [-0.2, 0) is 85.1 Å². The highest BCUT2D eigenvalue weighted by Crippen LogP contribution is 2.36. The lowest BCUT2D eigenvalue weighted by Gasteiger charge is -2.28. The number of fused-ring (bicyclic) bond motifs is 2. The predicted octanol–water partition coefficient (Wildman–Crippen LogP) is 14.7. The number of aromatic nitrogens is 4.